The Morgan fingerprint density at radius 1 is 0.941 bits per heavy atom. The molecule has 0 heterocycles. The minimum atomic E-state index is 0.0465. The maximum Gasteiger partial charge on any atom is 0.306 e. The summed E-state index contributed by atoms with van der Waals surface area (Å²) >= 11 is 3.47. The van der Waals surface area contributed by atoms with Crippen molar-refractivity contribution in [3.8, 4) is 0 Å². The lowest BCUT2D eigenvalue weighted by molar-refractivity contribution is -0.192. The largest absolute Gasteiger partial charge is 0.462 e. The molecule has 0 aliphatic heterocycles. The van der Waals surface area contributed by atoms with Crippen LogP contribution in [0.1, 0.15) is 125 Å². The highest BCUT2D eigenvalue weighted by Gasteiger charge is 2.62. The standard InChI is InChI=1S/C31H53BrO2/c1-21(2)9-6-10-22(3)25-16-17-26-24-15-14-23-11-7-12-28(34-29(33)13-8-20-32)31(23,5)27(24)18-19-30(25,26)4/h21-28H,6-20H2,1-5H3/t22-,23+,24+,25-,26-,27-,28?,30+,31-/m0/s1. The van der Waals surface area contributed by atoms with Crippen molar-refractivity contribution in [2.45, 2.75) is 131 Å². The van der Waals surface area contributed by atoms with Crippen molar-refractivity contribution in [3.05, 3.63) is 0 Å². The molecule has 9 atom stereocenters. The van der Waals surface area contributed by atoms with Gasteiger partial charge >= 0.3 is 5.97 Å². The number of alkyl halides is 1. The number of halogens is 1. The summed E-state index contributed by atoms with van der Waals surface area (Å²) in [6, 6.07) is 0. The summed E-state index contributed by atoms with van der Waals surface area (Å²) in [7, 11) is 0. The van der Waals surface area contributed by atoms with Crippen molar-refractivity contribution in [2.75, 3.05) is 5.33 Å². The summed E-state index contributed by atoms with van der Waals surface area (Å²) in [6.07, 6.45) is 18.0. The zero-order valence-electron chi connectivity index (χ0n) is 22.9. The van der Waals surface area contributed by atoms with Crippen LogP contribution in [0, 0.1) is 52.3 Å². The second-order valence-electron chi connectivity index (χ2n) is 13.7. The van der Waals surface area contributed by atoms with Gasteiger partial charge in [0.2, 0.25) is 0 Å². The molecule has 0 radical (unpaired) electrons. The monoisotopic (exact) mass is 536 g/mol. The molecule has 4 aliphatic carbocycles. The molecular weight excluding hydrogens is 484 g/mol. The van der Waals surface area contributed by atoms with Crippen LogP contribution in [0.5, 0.6) is 0 Å². The molecule has 0 spiro atoms. The molecule has 4 rings (SSSR count). The molecule has 2 nitrogen and oxygen atoms in total. The van der Waals surface area contributed by atoms with Gasteiger partial charge in [-0.3, -0.25) is 4.79 Å². The first-order chi connectivity index (χ1) is 16.2. The SMILES string of the molecule is CC(C)CCC[C@H](C)[C@@H]1CC[C@H]2[C@H]3CC[C@H]4CCCC(OC(=O)CCCBr)[C@]4(C)[C@H]3CC[C@@]21C. The Morgan fingerprint density at radius 2 is 1.74 bits per heavy atom. The Balaban J connectivity index is 1.48. The second-order valence-corrected chi connectivity index (χ2v) is 14.5. The first kappa shape index (κ1) is 27.0. The van der Waals surface area contributed by atoms with Crippen LogP contribution in [-0.4, -0.2) is 17.4 Å². The molecule has 4 fully saturated rings. The highest BCUT2D eigenvalue weighted by atomic mass is 79.9. The van der Waals surface area contributed by atoms with Crippen LogP contribution < -0.4 is 0 Å². The lowest BCUT2D eigenvalue weighted by Gasteiger charge is -2.62. The fourth-order valence-electron chi connectivity index (χ4n) is 9.93. The third-order valence-corrected chi connectivity index (χ3v) is 12.2. The van der Waals surface area contributed by atoms with Crippen molar-refractivity contribution in [1.29, 1.82) is 0 Å². The van der Waals surface area contributed by atoms with Crippen LogP contribution in [0.15, 0.2) is 0 Å². The van der Waals surface area contributed by atoms with Crippen molar-refractivity contribution in [3.63, 3.8) is 0 Å². The van der Waals surface area contributed by atoms with Crippen LogP contribution in [0.25, 0.3) is 0 Å². The number of hydrogen-bond donors (Lipinski definition) is 0. The summed E-state index contributed by atoms with van der Waals surface area (Å²) in [6.45, 7) is 12.6. The maximum atomic E-state index is 12.7. The highest BCUT2D eigenvalue weighted by Crippen LogP contribution is 2.68. The molecule has 4 aliphatic rings. The third kappa shape index (κ3) is 5.04. The Kier molecular flexibility index (Phi) is 8.85. The molecule has 196 valence electrons. The van der Waals surface area contributed by atoms with E-state index in [4.69, 9.17) is 4.74 Å². The molecular formula is C31H53BrO2. The fourth-order valence-corrected chi connectivity index (χ4v) is 10.2. The van der Waals surface area contributed by atoms with Gasteiger partial charge in [-0.25, -0.2) is 0 Å². The summed E-state index contributed by atoms with van der Waals surface area (Å²) < 4.78 is 6.31. The molecule has 3 heteroatoms. The van der Waals surface area contributed by atoms with E-state index in [0.717, 1.165) is 59.6 Å². The van der Waals surface area contributed by atoms with Crippen LogP contribution in [0.3, 0.4) is 0 Å². The van der Waals surface area contributed by atoms with Gasteiger partial charge in [0.1, 0.15) is 6.10 Å². The van der Waals surface area contributed by atoms with Crippen LogP contribution in [0.2, 0.25) is 0 Å². The Bertz CT molecular complexity index is 691. The lowest BCUT2D eigenvalue weighted by Crippen LogP contribution is -2.58. The van der Waals surface area contributed by atoms with Gasteiger partial charge < -0.3 is 4.74 Å². The quantitative estimate of drug-likeness (QED) is 0.216. The van der Waals surface area contributed by atoms with Crippen molar-refractivity contribution in [1.82, 2.24) is 0 Å². The average molecular weight is 538 g/mol. The zero-order chi connectivity index (χ0) is 24.5. The van der Waals surface area contributed by atoms with Crippen molar-refractivity contribution < 1.29 is 9.53 Å². The van der Waals surface area contributed by atoms with E-state index in [0.29, 0.717) is 11.8 Å². The first-order valence-corrected chi connectivity index (χ1v) is 16.1. The topological polar surface area (TPSA) is 26.3 Å². The second kappa shape index (κ2) is 11.1. The van der Waals surface area contributed by atoms with Gasteiger partial charge in [0.15, 0.2) is 0 Å². The summed E-state index contributed by atoms with van der Waals surface area (Å²) in [5.41, 5.74) is 0.742. The van der Waals surface area contributed by atoms with E-state index in [-0.39, 0.29) is 17.5 Å². The van der Waals surface area contributed by atoms with E-state index < -0.39 is 0 Å². The van der Waals surface area contributed by atoms with Gasteiger partial charge in [0.05, 0.1) is 0 Å². The van der Waals surface area contributed by atoms with E-state index in [1.54, 1.807) is 0 Å². The zero-order valence-corrected chi connectivity index (χ0v) is 24.5. The first-order valence-electron chi connectivity index (χ1n) is 15.0. The van der Waals surface area contributed by atoms with E-state index in [9.17, 15) is 4.79 Å². The van der Waals surface area contributed by atoms with E-state index in [1.165, 1.54) is 70.6 Å². The minimum absolute atomic E-state index is 0.0465. The predicted molar refractivity (Wildman–Crippen MR) is 146 cm³/mol. The van der Waals surface area contributed by atoms with Gasteiger partial charge in [-0.2, -0.15) is 0 Å². The van der Waals surface area contributed by atoms with Crippen molar-refractivity contribution >= 4 is 21.9 Å². The third-order valence-electron chi connectivity index (χ3n) is 11.7. The smallest absolute Gasteiger partial charge is 0.306 e. The molecule has 0 aromatic carbocycles. The number of hydrogen-bond acceptors (Lipinski definition) is 2. The number of ether oxygens (including phenoxy) is 1. The lowest BCUT2D eigenvalue weighted by atomic mass is 9.44. The minimum Gasteiger partial charge on any atom is -0.462 e. The van der Waals surface area contributed by atoms with Crippen LogP contribution in [0.4, 0.5) is 0 Å². The Hall–Kier alpha value is -0.0500. The van der Waals surface area contributed by atoms with Crippen molar-refractivity contribution in [2.24, 2.45) is 52.3 Å². The molecule has 0 saturated heterocycles. The molecule has 0 aromatic heterocycles. The molecule has 0 aromatic rings. The van der Waals surface area contributed by atoms with Crippen LogP contribution in [-0.2, 0) is 9.53 Å². The van der Waals surface area contributed by atoms with Gasteiger partial charge in [0, 0.05) is 17.2 Å². The van der Waals surface area contributed by atoms with Gasteiger partial charge in [-0.05, 0) is 111 Å². The molecule has 4 saturated carbocycles. The fraction of sp³-hybridized carbons (Fsp3) is 0.968. The molecule has 0 N–H and O–H groups in total. The van der Waals surface area contributed by atoms with Gasteiger partial charge in [-0.1, -0.05) is 69.8 Å². The molecule has 1 unspecified atom stereocenters. The Labute approximate surface area is 219 Å². The Morgan fingerprint density at radius 3 is 2.47 bits per heavy atom. The molecule has 0 bridgehead atoms. The van der Waals surface area contributed by atoms with E-state index in [2.05, 4.69) is 50.5 Å². The normalized spacial score (nSPS) is 42.6. The van der Waals surface area contributed by atoms with E-state index in [1.807, 2.05) is 0 Å². The predicted octanol–water partition coefficient (Wildman–Crippen LogP) is 9.19. The number of carbonyl (C=O) groups excluding carboxylic acids is 1. The average Bonchev–Trinajstić information content (AvgIpc) is 3.15. The van der Waals surface area contributed by atoms with E-state index >= 15 is 0 Å². The maximum absolute atomic E-state index is 12.7. The molecule has 0 amide bonds. The summed E-state index contributed by atoms with van der Waals surface area (Å²) in [5, 5.41) is 0.884. The number of esters is 1. The molecule has 34 heavy (non-hydrogen) atoms. The highest BCUT2D eigenvalue weighted by molar-refractivity contribution is 9.09. The summed E-state index contributed by atoms with van der Waals surface area (Å²) in [4.78, 5) is 12.7. The van der Waals surface area contributed by atoms with Gasteiger partial charge in [-0.15, -0.1) is 0 Å². The number of fused-ring (bicyclic) bond motifs is 5. The number of carbonyl (C=O) groups is 1. The summed E-state index contributed by atoms with van der Waals surface area (Å²) in [5.74, 6) is 5.94. The number of rotatable bonds is 9. The van der Waals surface area contributed by atoms with Crippen LogP contribution >= 0.6 is 15.9 Å². The van der Waals surface area contributed by atoms with Gasteiger partial charge in [0.25, 0.3) is 0 Å².